The first kappa shape index (κ1) is 12.7. The summed E-state index contributed by atoms with van der Waals surface area (Å²) in [6.45, 7) is 3.76. The Morgan fingerprint density at radius 3 is 2.11 bits per heavy atom. The van der Waals surface area contributed by atoms with Crippen molar-refractivity contribution in [2.75, 3.05) is 5.73 Å². The highest BCUT2D eigenvalue weighted by Gasteiger charge is 2.14. The highest BCUT2D eigenvalue weighted by Crippen LogP contribution is 2.21. The van der Waals surface area contributed by atoms with Crippen LogP contribution in [0.2, 0.25) is 5.02 Å². The molecule has 0 atom stereocenters. The van der Waals surface area contributed by atoms with Crippen molar-refractivity contribution in [1.29, 1.82) is 0 Å². The Bertz CT molecular complexity index is 566. The lowest BCUT2D eigenvalue weighted by Crippen LogP contribution is -2.06. The van der Waals surface area contributed by atoms with Crippen LogP contribution in [-0.2, 0) is 0 Å². The number of benzene rings is 2. The number of ketones is 1. The number of nitrogens with two attached hydrogens (primary N) is 1. The van der Waals surface area contributed by atoms with Gasteiger partial charge >= 0.3 is 0 Å². The number of rotatable bonds is 2. The van der Waals surface area contributed by atoms with Crippen LogP contribution in [0.5, 0.6) is 0 Å². The Balaban J connectivity index is 2.48. The van der Waals surface area contributed by atoms with Crippen molar-refractivity contribution < 1.29 is 4.79 Å². The first-order chi connectivity index (χ1) is 8.49. The number of anilines is 1. The summed E-state index contributed by atoms with van der Waals surface area (Å²) < 4.78 is 0. The fraction of sp³-hybridized carbons (Fsp3) is 0.133. The second-order valence-corrected chi connectivity index (χ2v) is 4.80. The normalized spacial score (nSPS) is 10.4. The molecule has 0 spiro atoms. The molecular weight excluding hydrogens is 246 g/mol. The molecule has 0 heterocycles. The number of hydrogen-bond acceptors (Lipinski definition) is 2. The van der Waals surface area contributed by atoms with Crippen molar-refractivity contribution in [2.45, 2.75) is 13.8 Å². The monoisotopic (exact) mass is 259 g/mol. The van der Waals surface area contributed by atoms with Crippen LogP contribution >= 0.6 is 11.6 Å². The number of carbonyl (C=O) groups is 1. The Labute approximate surface area is 111 Å². The van der Waals surface area contributed by atoms with E-state index >= 15 is 0 Å². The Morgan fingerprint density at radius 2 is 1.56 bits per heavy atom. The number of nitrogen functional groups attached to an aromatic ring is 1. The van der Waals surface area contributed by atoms with E-state index in [1.54, 1.807) is 36.4 Å². The van der Waals surface area contributed by atoms with E-state index in [0.717, 1.165) is 11.1 Å². The minimum absolute atomic E-state index is 0.00154. The minimum atomic E-state index is 0.00154. The van der Waals surface area contributed by atoms with Gasteiger partial charge in [0.1, 0.15) is 0 Å². The van der Waals surface area contributed by atoms with Gasteiger partial charge < -0.3 is 5.73 Å². The Hall–Kier alpha value is -1.80. The second-order valence-electron chi connectivity index (χ2n) is 4.36. The molecule has 18 heavy (non-hydrogen) atoms. The van der Waals surface area contributed by atoms with Crippen LogP contribution in [0.15, 0.2) is 36.4 Å². The molecule has 0 bridgehead atoms. The smallest absolute Gasteiger partial charge is 0.193 e. The molecule has 0 saturated carbocycles. The summed E-state index contributed by atoms with van der Waals surface area (Å²) in [7, 11) is 0. The van der Waals surface area contributed by atoms with E-state index in [1.807, 2.05) is 13.8 Å². The molecule has 0 aliphatic heterocycles. The molecule has 2 aromatic carbocycles. The predicted molar refractivity (Wildman–Crippen MR) is 75.2 cm³/mol. The van der Waals surface area contributed by atoms with E-state index in [4.69, 9.17) is 17.3 Å². The molecule has 0 aromatic heterocycles. The molecule has 0 aliphatic rings. The highest BCUT2D eigenvalue weighted by atomic mass is 35.5. The Morgan fingerprint density at radius 1 is 1.00 bits per heavy atom. The van der Waals surface area contributed by atoms with Gasteiger partial charge in [-0.1, -0.05) is 11.6 Å². The lowest BCUT2D eigenvalue weighted by Gasteiger charge is -2.08. The van der Waals surface area contributed by atoms with Gasteiger partial charge in [0.25, 0.3) is 0 Å². The molecule has 3 heteroatoms. The molecule has 92 valence electrons. The van der Waals surface area contributed by atoms with Crippen molar-refractivity contribution in [3.63, 3.8) is 0 Å². The second kappa shape index (κ2) is 4.83. The molecule has 0 saturated heterocycles. The molecule has 2 rings (SSSR count). The van der Waals surface area contributed by atoms with Gasteiger partial charge in [-0.2, -0.15) is 0 Å². The molecule has 0 aliphatic carbocycles. The van der Waals surface area contributed by atoms with Crippen LogP contribution in [-0.4, -0.2) is 5.78 Å². The Kier molecular flexibility index (Phi) is 3.39. The van der Waals surface area contributed by atoms with Crippen LogP contribution < -0.4 is 5.73 Å². The summed E-state index contributed by atoms with van der Waals surface area (Å²) in [4.78, 5) is 12.4. The van der Waals surface area contributed by atoms with Gasteiger partial charge in [-0.3, -0.25) is 4.79 Å². The average molecular weight is 260 g/mol. The van der Waals surface area contributed by atoms with Crippen LogP contribution in [0.4, 0.5) is 5.69 Å². The molecule has 2 aromatic rings. The van der Waals surface area contributed by atoms with Crippen LogP contribution in [0.3, 0.4) is 0 Å². The molecular formula is C15H14ClNO. The first-order valence-corrected chi connectivity index (χ1v) is 6.04. The van der Waals surface area contributed by atoms with E-state index in [-0.39, 0.29) is 5.78 Å². The van der Waals surface area contributed by atoms with E-state index < -0.39 is 0 Å². The molecule has 0 amide bonds. The van der Waals surface area contributed by atoms with Crippen LogP contribution in [0.25, 0.3) is 0 Å². The van der Waals surface area contributed by atoms with Crippen molar-refractivity contribution in [3.05, 3.63) is 63.7 Å². The van der Waals surface area contributed by atoms with E-state index in [2.05, 4.69) is 0 Å². The minimum Gasteiger partial charge on any atom is -0.399 e. The van der Waals surface area contributed by atoms with Gasteiger partial charge in [-0.25, -0.2) is 0 Å². The van der Waals surface area contributed by atoms with Gasteiger partial charge in [0.15, 0.2) is 5.78 Å². The zero-order chi connectivity index (χ0) is 13.3. The number of halogens is 1. The lowest BCUT2D eigenvalue weighted by molar-refractivity contribution is 0.103. The topological polar surface area (TPSA) is 43.1 Å². The van der Waals surface area contributed by atoms with Crippen molar-refractivity contribution in [2.24, 2.45) is 0 Å². The fourth-order valence-corrected chi connectivity index (χ4v) is 2.20. The summed E-state index contributed by atoms with van der Waals surface area (Å²) in [5.74, 6) is 0.00154. The molecule has 2 nitrogen and oxygen atoms in total. The van der Waals surface area contributed by atoms with Gasteiger partial charge in [0, 0.05) is 21.8 Å². The highest BCUT2D eigenvalue weighted by molar-refractivity contribution is 6.30. The van der Waals surface area contributed by atoms with Crippen molar-refractivity contribution in [1.82, 2.24) is 0 Å². The van der Waals surface area contributed by atoms with Crippen LogP contribution in [0.1, 0.15) is 27.0 Å². The van der Waals surface area contributed by atoms with Gasteiger partial charge in [0.2, 0.25) is 0 Å². The first-order valence-electron chi connectivity index (χ1n) is 5.66. The zero-order valence-corrected chi connectivity index (χ0v) is 11.1. The molecule has 0 radical (unpaired) electrons. The quantitative estimate of drug-likeness (QED) is 0.659. The maximum Gasteiger partial charge on any atom is 0.193 e. The predicted octanol–water partition coefficient (Wildman–Crippen LogP) is 3.77. The van der Waals surface area contributed by atoms with Gasteiger partial charge in [-0.15, -0.1) is 0 Å². The summed E-state index contributed by atoms with van der Waals surface area (Å²) >= 11 is 5.89. The third kappa shape index (κ3) is 2.39. The summed E-state index contributed by atoms with van der Waals surface area (Å²) in [5, 5.41) is 0.637. The summed E-state index contributed by atoms with van der Waals surface area (Å²) in [6, 6.07) is 10.6. The van der Waals surface area contributed by atoms with Crippen molar-refractivity contribution >= 4 is 23.1 Å². The summed E-state index contributed by atoms with van der Waals surface area (Å²) in [6.07, 6.45) is 0. The molecule has 0 unspecified atom stereocenters. The van der Waals surface area contributed by atoms with Crippen LogP contribution in [0, 0.1) is 13.8 Å². The number of hydrogen-bond donors (Lipinski definition) is 1. The molecule has 2 N–H and O–H groups in total. The third-order valence-corrected chi connectivity index (χ3v) is 3.16. The zero-order valence-electron chi connectivity index (χ0n) is 10.3. The number of carbonyl (C=O) groups excluding carboxylic acids is 1. The van der Waals surface area contributed by atoms with E-state index in [1.165, 1.54) is 0 Å². The lowest BCUT2D eigenvalue weighted by atomic mass is 9.96. The van der Waals surface area contributed by atoms with E-state index in [9.17, 15) is 4.79 Å². The largest absolute Gasteiger partial charge is 0.399 e. The maximum absolute atomic E-state index is 12.4. The van der Waals surface area contributed by atoms with Gasteiger partial charge in [-0.05, 0) is 61.4 Å². The van der Waals surface area contributed by atoms with E-state index in [0.29, 0.717) is 21.8 Å². The fourth-order valence-electron chi connectivity index (χ4n) is 1.97. The third-order valence-electron chi connectivity index (χ3n) is 2.93. The number of aryl methyl sites for hydroxylation is 2. The maximum atomic E-state index is 12.4. The van der Waals surface area contributed by atoms with Crippen molar-refractivity contribution in [3.8, 4) is 0 Å². The summed E-state index contributed by atoms with van der Waals surface area (Å²) in [5.41, 5.74) is 9.46. The average Bonchev–Trinajstić information content (AvgIpc) is 2.28. The standard InChI is InChI=1S/C15H14ClNO/c1-9-7-11(16)3-5-13(9)15(18)14-6-4-12(17)8-10(14)2/h3-8H,17H2,1-2H3. The SMILES string of the molecule is Cc1cc(N)ccc1C(=O)c1ccc(Cl)cc1C. The van der Waals surface area contributed by atoms with Gasteiger partial charge in [0.05, 0.1) is 0 Å². The molecule has 0 fully saturated rings.